The van der Waals surface area contributed by atoms with Crippen LogP contribution >= 0.6 is 11.8 Å². The van der Waals surface area contributed by atoms with Gasteiger partial charge in [-0.3, -0.25) is 14.7 Å². The molecular weight excluding hydrogens is 342 g/mol. The number of aromatic nitrogens is 1. The Kier molecular flexibility index (Phi) is 4.62. The van der Waals surface area contributed by atoms with E-state index in [2.05, 4.69) is 9.98 Å². The van der Waals surface area contributed by atoms with E-state index in [1.165, 1.54) is 11.8 Å². The minimum absolute atomic E-state index is 0.0836. The smallest absolute Gasteiger partial charge is 0.268 e. The predicted molar refractivity (Wildman–Crippen MR) is 107 cm³/mol. The average Bonchev–Trinajstić information content (AvgIpc) is 2.99. The van der Waals surface area contributed by atoms with Crippen molar-refractivity contribution in [2.45, 2.75) is 0 Å². The summed E-state index contributed by atoms with van der Waals surface area (Å²) in [5.74, 6) is -0.0836. The highest BCUT2D eigenvalue weighted by Gasteiger charge is 2.34. The Labute approximate surface area is 155 Å². The Morgan fingerprint density at radius 1 is 0.923 bits per heavy atom. The molecule has 0 aliphatic carbocycles. The van der Waals surface area contributed by atoms with Crippen molar-refractivity contribution in [2.75, 3.05) is 4.90 Å². The average molecular weight is 357 g/mol. The molecule has 4 nitrogen and oxygen atoms in total. The van der Waals surface area contributed by atoms with Crippen LogP contribution in [0, 0.1) is 0 Å². The summed E-state index contributed by atoms with van der Waals surface area (Å²) in [7, 11) is 0. The number of carbonyl (C=O) groups is 1. The van der Waals surface area contributed by atoms with Crippen molar-refractivity contribution < 1.29 is 4.79 Å². The van der Waals surface area contributed by atoms with Gasteiger partial charge >= 0.3 is 0 Å². The van der Waals surface area contributed by atoms with E-state index in [-0.39, 0.29) is 5.91 Å². The van der Waals surface area contributed by atoms with Crippen molar-refractivity contribution in [2.24, 2.45) is 4.99 Å². The van der Waals surface area contributed by atoms with E-state index >= 15 is 0 Å². The van der Waals surface area contributed by atoms with E-state index in [0.717, 1.165) is 16.9 Å². The molecule has 1 fully saturated rings. The van der Waals surface area contributed by atoms with Crippen LogP contribution in [0.25, 0.3) is 6.08 Å². The lowest BCUT2D eigenvalue weighted by molar-refractivity contribution is -0.113. The van der Waals surface area contributed by atoms with E-state index < -0.39 is 0 Å². The summed E-state index contributed by atoms with van der Waals surface area (Å²) in [5, 5.41) is 0.641. The second-order valence-electron chi connectivity index (χ2n) is 5.60. The first-order chi connectivity index (χ1) is 12.8. The van der Waals surface area contributed by atoms with E-state index in [1.54, 1.807) is 17.3 Å². The molecule has 1 aromatic heterocycles. The molecule has 0 spiro atoms. The van der Waals surface area contributed by atoms with Gasteiger partial charge in [-0.15, -0.1) is 0 Å². The number of hydrogen-bond donors (Lipinski definition) is 0. The Morgan fingerprint density at radius 2 is 1.65 bits per heavy atom. The number of nitrogens with zero attached hydrogens (tertiary/aromatic N) is 3. The quantitative estimate of drug-likeness (QED) is 0.627. The predicted octanol–water partition coefficient (Wildman–Crippen LogP) is 4.89. The highest BCUT2D eigenvalue weighted by atomic mass is 32.2. The Hall–Kier alpha value is -3.18. The fourth-order valence-electron chi connectivity index (χ4n) is 2.58. The molecule has 1 saturated heterocycles. The van der Waals surface area contributed by atoms with E-state index in [4.69, 9.17) is 0 Å². The number of anilines is 1. The molecule has 4 rings (SSSR count). The highest BCUT2D eigenvalue weighted by Crippen LogP contribution is 2.37. The first-order valence-electron chi connectivity index (χ1n) is 8.14. The van der Waals surface area contributed by atoms with Gasteiger partial charge in [0.15, 0.2) is 5.17 Å². The van der Waals surface area contributed by atoms with Crippen LogP contribution in [0.4, 0.5) is 11.4 Å². The molecule has 126 valence electrons. The summed E-state index contributed by atoms with van der Waals surface area (Å²) in [6.45, 7) is 0. The van der Waals surface area contributed by atoms with Gasteiger partial charge in [-0.05, 0) is 53.7 Å². The van der Waals surface area contributed by atoms with Crippen molar-refractivity contribution >= 4 is 40.3 Å². The van der Waals surface area contributed by atoms with Gasteiger partial charge in [0.05, 0.1) is 16.3 Å². The Bertz CT molecular complexity index is 970. The van der Waals surface area contributed by atoms with Crippen LogP contribution in [0.1, 0.15) is 5.56 Å². The van der Waals surface area contributed by atoms with Crippen LogP contribution in [-0.2, 0) is 4.79 Å². The van der Waals surface area contributed by atoms with Crippen LogP contribution < -0.4 is 4.90 Å². The Morgan fingerprint density at radius 3 is 2.35 bits per heavy atom. The van der Waals surface area contributed by atoms with Gasteiger partial charge < -0.3 is 0 Å². The van der Waals surface area contributed by atoms with Gasteiger partial charge in [0.2, 0.25) is 0 Å². The van der Waals surface area contributed by atoms with E-state index in [0.29, 0.717) is 10.1 Å². The zero-order valence-corrected chi connectivity index (χ0v) is 14.6. The van der Waals surface area contributed by atoms with Crippen molar-refractivity contribution in [1.29, 1.82) is 0 Å². The monoisotopic (exact) mass is 357 g/mol. The minimum Gasteiger partial charge on any atom is -0.268 e. The van der Waals surface area contributed by atoms with Crippen molar-refractivity contribution in [3.05, 3.63) is 95.7 Å². The van der Waals surface area contributed by atoms with Crippen molar-refractivity contribution in [1.82, 2.24) is 4.98 Å². The molecule has 26 heavy (non-hydrogen) atoms. The fourth-order valence-corrected chi connectivity index (χ4v) is 3.58. The van der Waals surface area contributed by atoms with Crippen LogP contribution in [0.15, 0.2) is 95.1 Å². The minimum atomic E-state index is -0.0836. The molecule has 0 radical (unpaired) electrons. The second-order valence-corrected chi connectivity index (χ2v) is 6.61. The number of amidine groups is 1. The molecule has 2 heterocycles. The number of amides is 1. The molecule has 2 aromatic carbocycles. The van der Waals surface area contributed by atoms with Crippen molar-refractivity contribution in [3.63, 3.8) is 0 Å². The molecule has 5 heteroatoms. The van der Waals surface area contributed by atoms with Crippen LogP contribution in [0.5, 0.6) is 0 Å². The summed E-state index contributed by atoms with van der Waals surface area (Å²) >= 11 is 1.37. The standard InChI is InChI=1S/C21H15N3OS/c25-20-19(14-16-8-7-13-22-15-16)26-21(23-17-9-3-1-4-10-17)24(20)18-11-5-2-6-12-18/h1-15H/b19-14-,23-21?. The number of rotatable bonds is 3. The third kappa shape index (κ3) is 3.43. The van der Waals surface area contributed by atoms with Gasteiger partial charge in [0.25, 0.3) is 5.91 Å². The topological polar surface area (TPSA) is 45.6 Å². The molecule has 1 amide bonds. The van der Waals surface area contributed by atoms with Gasteiger partial charge in [-0.1, -0.05) is 42.5 Å². The third-order valence-corrected chi connectivity index (χ3v) is 4.75. The fraction of sp³-hybridized carbons (Fsp3) is 0. The molecule has 0 unspecified atom stereocenters. The molecule has 0 atom stereocenters. The summed E-state index contributed by atoms with van der Waals surface area (Å²) in [6.07, 6.45) is 5.30. The maximum absolute atomic E-state index is 13.0. The number of pyridine rings is 1. The summed E-state index contributed by atoms with van der Waals surface area (Å²) in [6, 6.07) is 23.0. The number of hydrogen-bond acceptors (Lipinski definition) is 4. The SMILES string of the molecule is O=C1/C(=C/c2cccnc2)SC(=Nc2ccccc2)N1c1ccccc1. The summed E-state index contributed by atoms with van der Waals surface area (Å²) in [5.41, 5.74) is 2.50. The molecule has 0 saturated carbocycles. The van der Waals surface area contributed by atoms with E-state index in [9.17, 15) is 4.79 Å². The molecular formula is C21H15N3OS. The van der Waals surface area contributed by atoms with Gasteiger partial charge in [0.1, 0.15) is 0 Å². The lowest BCUT2D eigenvalue weighted by Crippen LogP contribution is -2.28. The zero-order chi connectivity index (χ0) is 17.8. The number of thioether (sulfide) groups is 1. The highest BCUT2D eigenvalue weighted by molar-refractivity contribution is 8.19. The number of benzene rings is 2. The van der Waals surface area contributed by atoms with Crippen LogP contribution in [-0.4, -0.2) is 16.1 Å². The maximum Gasteiger partial charge on any atom is 0.271 e. The van der Waals surface area contributed by atoms with Gasteiger partial charge in [0, 0.05) is 12.4 Å². The molecule has 3 aromatic rings. The lowest BCUT2D eigenvalue weighted by atomic mass is 10.2. The lowest BCUT2D eigenvalue weighted by Gasteiger charge is -2.15. The number of carbonyl (C=O) groups excluding carboxylic acids is 1. The van der Waals surface area contributed by atoms with Gasteiger partial charge in [-0.2, -0.15) is 0 Å². The number of para-hydroxylation sites is 2. The second kappa shape index (κ2) is 7.37. The van der Waals surface area contributed by atoms with Crippen LogP contribution in [0.3, 0.4) is 0 Å². The maximum atomic E-state index is 13.0. The Balaban J connectivity index is 1.77. The zero-order valence-electron chi connectivity index (χ0n) is 13.8. The normalized spacial score (nSPS) is 17.2. The first-order valence-corrected chi connectivity index (χ1v) is 8.96. The number of aliphatic imine (C=N–C) groups is 1. The summed E-state index contributed by atoms with van der Waals surface area (Å²) < 4.78 is 0. The third-order valence-electron chi connectivity index (χ3n) is 3.78. The molecule has 0 N–H and O–H groups in total. The molecule has 0 bridgehead atoms. The van der Waals surface area contributed by atoms with Crippen molar-refractivity contribution in [3.8, 4) is 0 Å². The van der Waals surface area contributed by atoms with E-state index in [1.807, 2.05) is 78.9 Å². The van der Waals surface area contributed by atoms with Crippen LogP contribution in [0.2, 0.25) is 0 Å². The largest absolute Gasteiger partial charge is 0.271 e. The molecule has 1 aliphatic heterocycles. The first kappa shape index (κ1) is 16.3. The molecule has 1 aliphatic rings. The van der Waals surface area contributed by atoms with Gasteiger partial charge in [-0.25, -0.2) is 4.99 Å². The summed E-state index contributed by atoms with van der Waals surface area (Å²) in [4.78, 5) is 24.1.